The maximum absolute atomic E-state index is 6.18. The van der Waals surface area contributed by atoms with Crippen LogP contribution in [0.1, 0.15) is 27.2 Å². The van der Waals surface area contributed by atoms with E-state index in [9.17, 15) is 0 Å². The molecule has 1 aromatic rings. The van der Waals surface area contributed by atoms with Crippen LogP contribution in [0.25, 0.3) is 0 Å². The monoisotopic (exact) mass is 287 g/mol. The van der Waals surface area contributed by atoms with E-state index < -0.39 is 0 Å². The SMILES string of the molecule is CCOC1CC(Nc2cccc(Cl)c2Cl)C1(C)C. The van der Waals surface area contributed by atoms with Crippen LogP contribution in [0.5, 0.6) is 0 Å². The molecule has 0 radical (unpaired) electrons. The molecule has 2 atom stereocenters. The lowest BCUT2D eigenvalue weighted by atomic mass is 9.64. The highest BCUT2D eigenvalue weighted by Gasteiger charge is 2.49. The Kier molecular flexibility index (Phi) is 4.10. The van der Waals surface area contributed by atoms with Crippen molar-refractivity contribution in [2.24, 2.45) is 5.41 Å². The van der Waals surface area contributed by atoms with Gasteiger partial charge < -0.3 is 10.1 Å². The van der Waals surface area contributed by atoms with Crippen LogP contribution in [-0.4, -0.2) is 18.8 Å². The van der Waals surface area contributed by atoms with Gasteiger partial charge in [-0.05, 0) is 25.5 Å². The molecule has 18 heavy (non-hydrogen) atoms. The number of rotatable bonds is 4. The number of ether oxygens (including phenoxy) is 1. The zero-order valence-corrected chi connectivity index (χ0v) is 12.5. The van der Waals surface area contributed by atoms with Crippen molar-refractivity contribution < 1.29 is 4.74 Å². The summed E-state index contributed by atoms with van der Waals surface area (Å²) in [6.07, 6.45) is 1.32. The average molecular weight is 288 g/mol. The van der Waals surface area contributed by atoms with Gasteiger partial charge in [-0.1, -0.05) is 43.1 Å². The minimum Gasteiger partial charge on any atom is -0.380 e. The summed E-state index contributed by atoms with van der Waals surface area (Å²) in [5.74, 6) is 0. The average Bonchev–Trinajstić information content (AvgIpc) is 2.33. The molecule has 0 bridgehead atoms. The molecule has 1 aliphatic carbocycles. The largest absolute Gasteiger partial charge is 0.380 e. The third kappa shape index (κ3) is 2.47. The fourth-order valence-electron chi connectivity index (χ4n) is 2.42. The summed E-state index contributed by atoms with van der Waals surface area (Å²) in [5, 5.41) is 4.65. The Balaban J connectivity index is 2.06. The number of hydrogen-bond donors (Lipinski definition) is 1. The minimum atomic E-state index is 0.113. The van der Waals surface area contributed by atoms with Crippen LogP contribution in [0.3, 0.4) is 0 Å². The number of hydrogen-bond acceptors (Lipinski definition) is 2. The lowest BCUT2D eigenvalue weighted by Gasteiger charge is -2.52. The Labute approximate surface area is 119 Å². The Morgan fingerprint density at radius 2 is 2.11 bits per heavy atom. The fraction of sp³-hybridized carbons (Fsp3) is 0.571. The predicted octanol–water partition coefficient (Wildman–Crippen LogP) is 4.61. The molecule has 1 aromatic carbocycles. The third-order valence-electron chi connectivity index (χ3n) is 3.83. The molecule has 2 unspecified atom stereocenters. The normalized spacial score (nSPS) is 25.6. The molecule has 0 saturated heterocycles. The van der Waals surface area contributed by atoms with Crippen molar-refractivity contribution in [3.8, 4) is 0 Å². The zero-order valence-electron chi connectivity index (χ0n) is 11.0. The predicted molar refractivity (Wildman–Crippen MR) is 77.7 cm³/mol. The Bertz CT molecular complexity index is 434. The highest BCUT2D eigenvalue weighted by Crippen LogP contribution is 2.45. The van der Waals surface area contributed by atoms with Crippen LogP contribution in [-0.2, 0) is 4.74 Å². The number of anilines is 1. The van der Waals surface area contributed by atoms with Gasteiger partial charge in [-0.25, -0.2) is 0 Å². The molecule has 100 valence electrons. The van der Waals surface area contributed by atoms with Gasteiger partial charge in [0.2, 0.25) is 0 Å². The first-order valence-electron chi connectivity index (χ1n) is 6.29. The van der Waals surface area contributed by atoms with Crippen molar-refractivity contribution in [1.82, 2.24) is 0 Å². The van der Waals surface area contributed by atoms with Crippen LogP contribution in [0.15, 0.2) is 18.2 Å². The summed E-state index contributed by atoms with van der Waals surface area (Å²) in [6, 6.07) is 6.02. The molecule has 1 aliphatic rings. The topological polar surface area (TPSA) is 21.3 Å². The maximum Gasteiger partial charge on any atom is 0.0823 e. The van der Waals surface area contributed by atoms with E-state index in [1.807, 2.05) is 19.1 Å². The molecular formula is C14H19Cl2NO. The number of benzene rings is 1. The minimum absolute atomic E-state index is 0.113. The van der Waals surface area contributed by atoms with Crippen LogP contribution < -0.4 is 5.32 Å². The first kappa shape index (κ1) is 14.0. The molecule has 2 rings (SSSR count). The van der Waals surface area contributed by atoms with E-state index in [1.165, 1.54) is 0 Å². The van der Waals surface area contributed by atoms with E-state index in [0.29, 0.717) is 22.2 Å². The highest BCUT2D eigenvalue weighted by atomic mass is 35.5. The fourth-order valence-corrected chi connectivity index (χ4v) is 2.77. The van der Waals surface area contributed by atoms with Gasteiger partial charge in [0.05, 0.1) is 21.8 Å². The van der Waals surface area contributed by atoms with E-state index in [1.54, 1.807) is 6.07 Å². The molecule has 0 aliphatic heterocycles. The summed E-state index contributed by atoms with van der Waals surface area (Å²) in [4.78, 5) is 0. The van der Waals surface area contributed by atoms with Gasteiger partial charge in [0, 0.05) is 18.1 Å². The molecule has 1 fully saturated rings. The molecule has 0 spiro atoms. The molecular weight excluding hydrogens is 269 g/mol. The van der Waals surface area contributed by atoms with E-state index in [2.05, 4.69) is 19.2 Å². The van der Waals surface area contributed by atoms with Crippen molar-refractivity contribution in [2.75, 3.05) is 11.9 Å². The molecule has 0 aromatic heterocycles. The summed E-state index contributed by atoms with van der Waals surface area (Å²) in [5.41, 5.74) is 1.01. The first-order chi connectivity index (χ1) is 8.46. The quantitative estimate of drug-likeness (QED) is 0.873. The maximum atomic E-state index is 6.18. The van der Waals surface area contributed by atoms with Crippen molar-refractivity contribution in [3.63, 3.8) is 0 Å². The van der Waals surface area contributed by atoms with Crippen LogP contribution in [0.2, 0.25) is 10.0 Å². The van der Waals surface area contributed by atoms with Gasteiger partial charge in [-0.3, -0.25) is 0 Å². The summed E-state index contributed by atoms with van der Waals surface area (Å²) >= 11 is 12.2. The Morgan fingerprint density at radius 1 is 1.39 bits per heavy atom. The second-order valence-electron chi connectivity index (χ2n) is 5.30. The lowest BCUT2D eigenvalue weighted by Crippen LogP contribution is -2.58. The highest BCUT2D eigenvalue weighted by molar-refractivity contribution is 6.43. The molecule has 0 heterocycles. The van der Waals surface area contributed by atoms with Crippen molar-refractivity contribution in [1.29, 1.82) is 0 Å². The molecule has 0 amide bonds. The summed E-state index contributed by atoms with van der Waals surface area (Å²) in [6.45, 7) is 7.23. The summed E-state index contributed by atoms with van der Waals surface area (Å²) in [7, 11) is 0. The van der Waals surface area contributed by atoms with E-state index >= 15 is 0 Å². The van der Waals surface area contributed by atoms with Gasteiger partial charge in [-0.2, -0.15) is 0 Å². The van der Waals surface area contributed by atoms with E-state index in [-0.39, 0.29) is 5.41 Å². The standard InChI is InChI=1S/C14H19Cl2NO/c1-4-18-12-8-11(14(12,2)3)17-10-7-5-6-9(15)13(10)16/h5-7,11-12,17H,4,8H2,1-3H3. The Hall–Kier alpha value is -0.440. The van der Waals surface area contributed by atoms with Gasteiger partial charge in [0.15, 0.2) is 0 Å². The Morgan fingerprint density at radius 3 is 2.72 bits per heavy atom. The van der Waals surface area contributed by atoms with Gasteiger partial charge >= 0.3 is 0 Å². The second kappa shape index (κ2) is 5.28. The van der Waals surface area contributed by atoms with Crippen LogP contribution >= 0.6 is 23.2 Å². The number of halogens is 2. The van der Waals surface area contributed by atoms with Gasteiger partial charge in [0.25, 0.3) is 0 Å². The van der Waals surface area contributed by atoms with Gasteiger partial charge in [0.1, 0.15) is 0 Å². The molecule has 2 nitrogen and oxygen atoms in total. The van der Waals surface area contributed by atoms with Crippen LogP contribution in [0.4, 0.5) is 5.69 Å². The lowest BCUT2D eigenvalue weighted by molar-refractivity contribution is -0.0975. The third-order valence-corrected chi connectivity index (χ3v) is 4.65. The van der Waals surface area contributed by atoms with Crippen molar-refractivity contribution >= 4 is 28.9 Å². The van der Waals surface area contributed by atoms with E-state index in [0.717, 1.165) is 18.7 Å². The second-order valence-corrected chi connectivity index (χ2v) is 6.08. The smallest absolute Gasteiger partial charge is 0.0823 e. The van der Waals surface area contributed by atoms with Gasteiger partial charge in [-0.15, -0.1) is 0 Å². The summed E-state index contributed by atoms with van der Waals surface area (Å²) < 4.78 is 5.72. The van der Waals surface area contributed by atoms with Crippen molar-refractivity contribution in [3.05, 3.63) is 28.2 Å². The first-order valence-corrected chi connectivity index (χ1v) is 7.04. The van der Waals surface area contributed by atoms with E-state index in [4.69, 9.17) is 27.9 Å². The number of nitrogens with one attached hydrogen (secondary N) is 1. The van der Waals surface area contributed by atoms with Crippen molar-refractivity contribution in [2.45, 2.75) is 39.3 Å². The van der Waals surface area contributed by atoms with Crippen LogP contribution in [0, 0.1) is 5.41 Å². The molecule has 1 N–H and O–H groups in total. The molecule has 4 heteroatoms. The zero-order chi connectivity index (χ0) is 13.3. The molecule has 1 saturated carbocycles.